The van der Waals surface area contributed by atoms with Crippen LogP contribution in [0.1, 0.15) is 50.7 Å². The predicted molar refractivity (Wildman–Crippen MR) is 94.0 cm³/mol. The summed E-state index contributed by atoms with van der Waals surface area (Å²) < 4.78 is 5.81. The fourth-order valence-electron chi connectivity index (χ4n) is 2.69. The predicted octanol–water partition coefficient (Wildman–Crippen LogP) is 3.89. The first-order valence-corrected chi connectivity index (χ1v) is 9.28. The summed E-state index contributed by atoms with van der Waals surface area (Å²) in [5.74, 6) is 3.53. The van der Waals surface area contributed by atoms with Gasteiger partial charge in [0.15, 0.2) is 0 Å². The summed E-state index contributed by atoms with van der Waals surface area (Å²) in [4.78, 5) is 14.5. The Morgan fingerprint density at radius 1 is 1.14 bits per heavy atom. The van der Waals surface area contributed by atoms with E-state index in [9.17, 15) is 4.79 Å². The fraction of sp³-hybridized carbons (Fsp3) is 0.611. The molecular weight excluding hydrogens is 294 g/mol. The van der Waals surface area contributed by atoms with Crippen LogP contribution in [0.5, 0.6) is 5.75 Å². The van der Waals surface area contributed by atoms with Gasteiger partial charge >= 0.3 is 5.97 Å². The Kier molecular flexibility index (Phi) is 6.33. The van der Waals surface area contributed by atoms with E-state index in [4.69, 9.17) is 4.74 Å². The van der Waals surface area contributed by atoms with Gasteiger partial charge in [-0.3, -0.25) is 9.69 Å². The molecule has 2 rings (SSSR count). The van der Waals surface area contributed by atoms with Gasteiger partial charge in [-0.2, -0.15) is 11.8 Å². The van der Waals surface area contributed by atoms with Crippen LogP contribution in [-0.2, 0) is 4.79 Å². The van der Waals surface area contributed by atoms with Gasteiger partial charge in [0.2, 0.25) is 0 Å². The SMILES string of the molecule is CC(C)c1cccc(C(C)C)c1OC(=O)CN1CCSCC1. The van der Waals surface area contributed by atoms with Crippen LogP contribution < -0.4 is 4.74 Å². The molecule has 0 radical (unpaired) electrons. The summed E-state index contributed by atoms with van der Waals surface area (Å²) in [5, 5.41) is 0. The zero-order valence-corrected chi connectivity index (χ0v) is 14.9. The van der Waals surface area contributed by atoms with E-state index in [0.717, 1.165) is 41.5 Å². The van der Waals surface area contributed by atoms with E-state index in [1.165, 1.54) is 0 Å². The van der Waals surface area contributed by atoms with Crippen LogP contribution >= 0.6 is 11.8 Å². The molecule has 1 aliphatic heterocycles. The molecule has 1 aromatic rings. The number of hydrogen-bond donors (Lipinski definition) is 0. The van der Waals surface area contributed by atoms with Crippen molar-refractivity contribution in [3.63, 3.8) is 0 Å². The molecule has 3 nitrogen and oxygen atoms in total. The zero-order valence-electron chi connectivity index (χ0n) is 14.1. The summed E-state index contributed by atoms with van der Waals surface area (Å²) in [6.45, 7) is 10.9. The van der Waals surface area contributed by atoms with Crippen LogP contribution in [0.25, 0.3) is 0 Å². The average Bonchev–Trinajstić information content (AvgIpc) is 2.47. The van der Waals surface area contributed by atoms with Crippen molar-refractivity contribution in [3.05, 3.63) is 29.3 Å². The monoisotopic (exact) mass is 321 g/mol. The molecule has 1 aliphatic rings. The summed E-state index contributed by atoms with van der Waals surface area (Å²) >= 11 is 1.95. The molecular formula is C18H27NO2S. The fourth-order valence-corrected chi connectivity index (χ4v) is 3.67. The molecule has 0 unspecified atom stereocenters. The number of carbonyl (C=O) groups is 1. The van der Waals surface area contributed by atoms with E-state index < -0.39 is 0 Å². The van der Waals surface area contributed by atoms with Gasteiger partial charge in [-0.25, -0.2) is 0 Å². The molecule has 1 aromatic carbocycles. The smallest absolute Gasteiger partial charge is 0.325 e. The molecule has 0 spiro atoms. The highest BCUT2D eigenvalue weighted by Gasteiger charge is 2.20. The lowest BCUT2D eigenvalue weighted by Gasteiger charge is -2.25. The largest absolute Gasteiger partial charge is 0.425 e. The molecule has 0 bridgehead atoms. The molecule has 0 saturated carbocycles. The molecule has 1 fully saturated rings. The van der Waals surface area contributed by atoms with Crippen LogP contribution in [0.4, 0.5) is 0 Å². The topological polar surface area (TPSA) is 29.5 Å². The second kappa shape index (κ2) is 8.02. The normalized spacial score (nSPS) is 16.3. The second-order valence-corrected chi connectivity index (χ2v) is 7.66. The Labute approximate surface area is 138 Å². The maximum absolute atomic E-state index is 12.4. The molecule has 1 heterocycles. The van der Waals surface area contributed by atoms with Crippen LogP contribution in [-0.4, -0.2) is 42.0 Å². The number of ether oxygens (including phenoxy) is 1. The number of nitrogens with zero attached hydrogens (tertiary/aromatic N) is 1. The van der Waals surface area contributed by atoms with Crippen molar-refractivity contribution in [1.82, 2.24) is 4.90 Å². The van der Waals surface area contributed by atoms with E-state index in [1.807, 2.05) is 11.8 Å². The quantitative estimate of drug-likeness (QED) is 0.608. The van der Waals surface area contributed by atoms with Crippen molar-refractivity contribution >= 4 is 17.7 Å². The van der Waals surface area contributed by atoms with Crippen LogP contribution in [0.15, 0.2) is 18.2 Å². The van der Waals surface area contributed by atoms with Gasteiger partial charge in [0.05, 0.1) is 6.54 Å². The molecule has 0 aromatic heterocycles. The van der Waals surface area contributed by atoms with Gasteiger partial charge in [-0.1, -0.05) is 45.9 Å². The van der Waals surface area contributed by atoms with Crippen molar-refractivity contribution in [2.75, 3.05) is 31.1 Å². The molecule has 1 saturated heterocycles. The lowest BCUT2D eigenvalue weighted by atomic mass is 9.94. The molecule has 4 heteroatoms. The van der Waals surface area contributed by atoms with Crippen LogP contribution in [0, 0.1) is 0 Å². The highest BCUT2D eigenvalue weighted by atomic mass is 32.2. The second-order valence-electron chi connectivity index (χ2n) is 6.44. The lowest BCUT2D eigenvalue weighted by Crippen LogP contribution is -2.38. The van der Waals surface area contributed by atoms with Crippen LogP contribution in [0.2, 0.25) is 0 Å². The van der Waals surface area contributed by atoms with Crippen molar-refractivity contribution in [2.24, 2.45) is 0 Å². The van der Waals surface area contributed by atoms with Gasteiger partial charge in [0.25, 0.3) is 0 Å². The maximum Gasteiger partial charge on any atom is 0.325 e. The first kappa shape index (κ1) is 17.4. The number of esters is 1. The van der Waals surface area contributed by atoms with Crippen molar-refractivity contribution in [3.8, 4) is 5.75 Å². The van der Waals surface area contributed by atoms with E-state index in [0.29, 0.717) is 18.4 Å². The van der Waals surface area contributed by atoms with Gasteiger partial charge in [0.1, 0.15) is 5.75 Å². The minimum Gasteiger partial charge on any atom is -0.425 e. The van der Waals surface area contributed by atoms with Crippen molar-refractivity contribution in [2.45, 2.75) is 39.5 Å². The average molecular weight is 321 g/mol. The van der Waals surface area contributed by atoms with Gasteiger partial charge in [0, 0.05) is 24.6 Å². The zero-order chi connectivity index (χ0) is 16.1. The molecule has 0 amide bonds. The Morgan fingerprint density at radius 3 is 2.18 bits per heavy atom. The summed E-state index contributed by atoms with van der Waals surface area (Å²) in [7, 11) is 0. The Bertz CT molecular complexity index is 482. The number of carbonyl (C=O) groups excluding carboxylic acids is 1. The highest BCUT2D eigenvalue weighted by Crippen LogP contribution is 2.34. The van der Waals surface area contributed by atoms with E-state index in [2.05, 4.69) is 50.8 Å². The highest BCUT2D eigenvalue weighted by molar-refractivity contribution is 7.99. The Hall–Kier alpha value is -1.000. The standard InChI is InChI=1S/C18H27NO2S/c1-13(2)15-6-5-7-16(14(3)4)18(15)21-17(20)12-19-8-10-22-11-9-19/h5-7,13-14H,8-12H2,1-4H3. The summed E-state index contributed by atoms with van der Waals surface area (Å²) in [6.07, 6.45) is 0. The number of benzene rings is 1. The maximum atomic E-state index is 12.4. The number of hydrogen-bond acceptors (Lipinski definition) is 4. The van der Waals surface area contributed by atoms with Crippen LogP contribution in [0.3, 0.4) is 0 Å². The number of para-hydroxylation sites is 1. The third kappa shape index (κ3) is 4.50. The van der Waals surface area contributed by atoms with E-state index in [-0.39, 0.29) is 5.97 Å². The number of rotatable bonds is 5. The third-order valence-corrected chi connectivity index (χ3v) is 4.93. The summed E-state index contributed by atoms with van der Waals surface area (Å²) in [6, 6.07) is 6.19. The first-order chi connectivity index (χ1) is 10.5. The minimum absolute atomic E-state index is 0.137. The van der Waals surface area contributed by atoms with Crippen molar-refractivity contribution in [1.29, 1.82) is 0 Å². The van der Waals surface area contributed by atoms with Crippen molar-refractivity contribution < 1.29 is 9.53 Å². The minimum atomic E-state index is -0.137. The van der Waals surface area contributed by atoms with Gasteiger partial charge in [-0.05, 0) is 23.0 Å². The molecule has 122 valence electrons. The third-order valence-electron chi connectivity index (χ3n) is 3.99. The number of thioether (sulfide) groups is 1. The van der Waals surface area contributed by atoms with Gasteiger partial charge in [-0.15, -0.1) is 0 Å². The molecule has 0 N–H and O–H groups in total. The molecule has 22 heavy (non-hydrogen) atoms. The molecule has 0 aliphatic carbocycles. The molecule has 0 atom stereocenters. The lowest BCUT2D eigenvalue weighted by molar-refractivity contribution is -0.135. The van der Waals surface area contributed by atoms with E-state index in [1.54, 1.807) is 0 Å². The van der Waals surface area contributed by atoms with E-state index >= 15 is 0 Å². The Morgan fingerprint density at radius 2 is 1.68 bits per heavy atom. The van der Waals surface area contributed by atoms with Gasteiger partial charge < -0.3 is 4.74 Å². The Balaban J connectivity index is 2.14. The summed E-state index contributed by atoms with van der Waals surface area (Å²) in [5.41, 5.74) is 2.24. The first-order valence-electron chi connectivity index (χ1n) is 8.12.